The summed E-state index contributed by atoms with van der Waals surface area (Å²) < 4.78 is 18.6. The van der Waals surface area contributed by atoms with Crippen molar-refractivity contribution in [1.82, 2.24) is 10.3 Å². The van der Waals surface area contributed by atoms with E-state index in [1.165, 1.54) is 18.3 Å². The van der Waals surface area contributed by atoms with Crippen LogP contribution in [0, 0.1) is 5.82 Å². The molecule has 1 aromatic heterocycles. The first-order valence-electron chi connectivity index (χ1n) is 6.58. The molecule has 4 nitrogen and oxygen atoms in total. The Bertz CT molecular complexity index is 662. The lowest BCUT2D eigenvalue weighted by atomic mass is 10.2. The highest BCUT2D eigenvalue weighted by atomic mass is 35.5. The van der Waals surface area contributed by atoms with Gasteiger partial charge in [0, 0.05) is 18.3 Å². The minimum atomic E-state index is -0.591. The van der Waals surface area contributed by atoms with E-state index in [1.54, 1.807) is 6.08 Å². The number of hydrogen-bond acceptors (Lipinski definition) is 3. The fourth-order valence-corrected chi connectivity index (χ4v) is 1.83. The zero-order chi connectivity index (χ0) is 15.8. The molecule has 0 atom stereocenters. The fraction of sp³-hybridized carbons (Fsp3) is 0.125. The van der Waals surface area contributed by atoms with Crippen LogP contribution in [-0.2, 0) is 11.3 Å². The first kappa shape index (κ1) is 16.0. The van der Waals surface area contributed by atoms with E-state index in [2.05, 4.69) is 10.3 Å². The molecule has 0 spiro atoms. The van der Waals surface area contributed by atoms with Crippen LogP contribution in [0.2, 0.25) is 5.15 Å². The van der Waals surface area contributed by atoms with Crippen LogP contribution < -0.4 is 5.32 Å². The van der Waals surface area contributed by atoms with E-state index in [1.807, 2.05) is 30.3 Å². The van der Waals surface area contributed by atoms with E-state index in [9.17, 15) is 9.18 Å². The van der Waals surface area contributed by atoms with E-state index >= 15 is 0 Å². The van der Waals surface area contributed by atoms with Gasteiger partial charge in [0.15, 0.2) is 11.0 Å². The molecule has 1 aromatic carbocycles. The second-order valence-corrected chi connectivity index (χ2v) is 4.71. The molecule has 0 saturated carbocycles. The average molecular weight is 321 g/mol. The summed E-state index contributed by atoms with van der Waals surface area (Å²) >= 11 is 5.57. The topological polar surface area (TPSA) is 51.2 Å². The Balaban J connectivity index is 1.75. The summed E-state index contributed by atoms with van der Waals surface area (Å²) in [6, 6.07) is 10.8. The first-order valence-corrected chi connectivity index (χ1v) is 6.95. The van der Waals surface area contributed by atoms with Crippen LogP contribution in [0.3, 0.4) is 0 Å². The van der Waals surface area contributed by atoms with Crippen molar-refractivity contribution in [2.45, 2.75) is 6.61 Å². The highest BCUT2D eigenvalue weighted by Crippen LogP contribution is 2.15. The summed E-state index contributed by atoms with van der Waals surface area (Å²) in [5.41, 5.74) is 1.21. The largest absolute Gasteiger partial charge is 0.445 e. The highest BCUT2D eigenvalue weighted by Gasteiger charge is 2.04. The van der Waals surface area contributed by atoms with Crippen molar-refractivity contribution < 1.29 is 13.9 Å². The van der Waals surface area contributed by atoms with E-state index < -0.39 is 11.9 Å². The van der Waals surface area contributed by atoms with Crippen molar-refractivity contribution in [1.29, 1.82) is 0 Å². The van der Waals surface area contributed by atoms with Crippen LogP contribution in [0.1, 0.15) is 11.1 Å². The number of benzene rings is 1. The molecule has 0 unspecified atom stereocenters. The number of aromatic nitrogens is 1. The Morgan fingerprint density at radius 3 is 2.86 bits per heavy atom. The summed E-state index contributed by atoms with van der Waals surface area (Å²) in [4.78, 5) is 15.1. The number of carbonyl (C=O) groups is 1. The van der Waals surface area contributed by atoms with Gasteiger partial charge in [-0.3, -0.25) is 0 Å². The third-order valence-electron chi connectivity index (χ3n) is 2.75. The Labute approximate surface area is 132 Å². The molecule has 0 saturated heterocycles. The average Bonchev–Trinajstić information content (AvgIpc) is 2.54. The van der Waals surface area contributed by atoms with E-state index in [0.29, 0.717) is 5.56 Å². The van der Waals surface area contributed by atoms with Crippen molar-refractivity contribution >= 4 is 23.8 Å². The summed E-state index contributed by atoms with van der Waals surface area (Å²) in [5.74, 6) is -0.591. The van der Waals surface area contributed by atoms with E-state index in [0.717, 1.165) is 5.56 Å². The number of pyridine rings is 1. The number of nitrogens with one attached hydrogen (secondary N) is 1. The fourth-order valence-electron chi connectivity index (χ4n) is 1.66. The SMILES string of the molecule is O=C(NCC=Cc1ccnc(Cl)c1F)OCc1ccccc1. The third-order valence-corrected chi connectivity index (χ3v) is 3.01. The first-order chi connectivity index (χ1) is 10.7. The monoisotopic (exact) mass is 320 g/mol. The molecular formula is C16H14ClFN2O2. The smallest absolute Gasteiger partial charge is 0.407 e. The van der Waals surface area contributed by atoms with Crippen LogP contribution >= 0.6 is 11.6 Å². The Kier molecular flexibility index (Phi) is 5.91. The highest BCUT2D eigenvalue weighted by molar-refractivity contribution is 6.29. The summed E-state index contributed by atoms with van der Waals surface area (Å²) in [5, 5.41) is 2.36. The van der Waals surface area contributed by atoms with Crippen LogP contribution in [0.5, 0.6) is 0 Å². The number of rotatable bonds is 5. The van der Waals surface area contributed by atoms with Crippen LogP contribution in [-0.4, -0.2) is 17.6 Å². The molecule has 0 radical (unpaired) electrons. The standard InChI is InChI=1S/C16H14ClFN2O2/c17-15-14(18)13(8-10-19-15)7-4-9-20-16(21)22-11-12-5-2-1-3-6-12/h1-8,10H,9,11H2,(H,20,21). The van der Waals surface area contributed by atoms with Gasteiger partial charge in [0.05, 0.1) is 0 Å². The number of ether oxygens (including phenoxy) is 1. The quantitative estimate of drug-likeness (QED) is 0.852. The molecule has 0 aliphatic heterocycles. The van der Waals surface area contributed by atoms with Crippen LogP contribution in [0.4, 0.5) is 9.18 Å². The molecule has 2 rings (SSSR count). The Morgan fingerprint density at radius 2 is 2.09 bits per heavy atom. The van der Waals surface area contributed by atoms with Gasteiger partial charge < -0.3 is 10.1 Å². The second-order valence-electron chi connectivity index (χ2n) is 4.35. The third kappa shape index (κ3) is 4.86. The minimum Gasteiger partial charge on any atom is -0.445 e. The molecule has 1 amide bonds. The molecule has 114 valence electrons. The molecule has 22 heavy (non-hydrogen) atoms. The predicted molar refractivity (Wildman–Crippen MR) is 82.9 cm³/mol. The Hall–Kier alpha value is -2.40. The maximum absolute atomic E-state index is 13.5. The van der Waals surface area contributed by atoms with Gasteiger partial charge >= 0.3 is 6.09 Å². The Morgan fingerprint density at radius 1 is 1.32 bits per heavy atom. The second kappa shape index (κ2) is 8.14. The molecular weight excluding hydrogens is 307 g/mol. The summed E-state index contributed by atoms with van der Waals surface area (Å²) in [6.45, 7) is 0.415. The number of halogens is 2. The van der Waals surface area contributed by atoms with Gasteiger partial charge in [-0.1, -0.05) is 54.1 Å². The molecule has 2 aromatic rings. The van der Waals surface area contributed by atoms with E-state index in [4.69, 9.17) is 16.3 Å². The summed E-state index contributed by atoms with van der Waals surface area (Å²) in [7, 11) is 0. The zero-order valence-corrected chi connectivity index (χ0v) is 12.4. The molecule has 1 heterocycles. The lowest BCUT2D eigenvalue weighted by Gasteiger charge is -2.05. The molecule has 1 N–H and O–H groups in total. The maximum atomic E-state index is 13.5. The van der Waals surface area contributed by atoms with Gasteiger partial charge in [0.1, 0.15) is 6.61 Å². The van der Waals surface area contributed by atoms with Crippen molar-refractivity contribution in [3.63, 3.8) is 0 Å². The van der Waals surface area contributed by atoms with Gasteiger partial charge in [0.2, 0.25) is 0 Å². The van der Waals surface area contributed by atoms with Gasteiger partial charge in [-0.2, -0.15) is 0 Å². The number of amides is 1. The maximum Gasteiger partial charge on any atom is 0.407 e. The number of hydrogen-bond donors (Lipinski definition) is 1. The van der Waals surface area contributed by atoms with Crippen LogP contribution in [0.15, 0.2) is 48.7 Å². The minimum absolute atomic E-state index is 0.183. The van der Waals surface area contributed by atoms with Crippen molar-refractivity contribution in [3.05, 3.63) is 70.8 Å². The number of nitrogens with zero attached hydrogens (tertiary/aromatic N) is 1. The molecule has 0 fully saturated rings. The normalized spacial score (nSPS) is 10.6. The van der Waals surface area contributed by atoms with Crippen molar-refractivity contribution in [2.75, 3.05) is 6.54 Å². The van der Waals surface area contributed by atoms with Crippen molar-refractivity contribution in [2.24, 2.45) is 0 Å². The van der Waals surface area contributed by atoms with Crippen molar-refractivity contribution in [3.8, 4) is 0 Å². The molecule has 0 aliphatic carbocycles. The van der Waals surface area contributed by atoms with Gasteiger partial charge in [-0.15, -0.1) is 0 Å². The predicted octanol–water partition coefficient (Wildman–Crippen LogP) is 3.81. The van der Waals surface area contributed by atoms with E-state index in [-0.39, 0.29) is 18.3 Å². The number of alkyl carbamates (subject to hydrolysis) is 1. The van der Waals surface area contributed by atoms with Gasteiger partial charge in [0.25, 0.3) is 0 Å². The van der Waals surface area contributed by atoms with Gasteiger partial charge in [-0.05, 0) is 11.6 Å². The molecule has 0 aliphatic rings. The van der Waals surface area contributed by atoms with Crippen LogP contribution in [0.25, 0.3) is 6.08 Å². The lowest BCUT2D eigenvalue weighted by Crippen LogP contribution is -2.24. The molecule has 0 bridgehead atoms. The molecule has 6 heteroatoms. The lowest BCUT2D eigenvalue weighted by molar-refractivity contribution is 0.141. The zero-order valence-electron chi connectivity index (χ0n) is 11.6. The number of carbonyl (C=O) groups excluding carboxylic acids is 1. The van der Waals surface area contributed by atoms with Gasteiger partial charge in [-0.25, -0.2) is 14.2 Å². The summed E-state index contributed by atoms with van der Waals surface area (Å²) in [6.07, 6.45) is 3.98.